The molecule has 1 aromatic rings. The van der Waals surface area contributed by atoms with Crippen LogP contribution in [-0.2, 0) is 6.54 Å². The fourth-order valence-corrected chi connectivity index (χ4v) is 4.17. The Morgan fingerprint density at radius 1 is 1.21 bits per heavy atom. The van der Waals surface area contributed by atoms with Crippen LogP contribution in [0.25, 0.3) is 0 Å². The number of hydrogen-bond donors (Lipinski definition) is 1. The first-order valence-electron chi connectivity index (χ1n) is 7.40. The molecule has 1 aromatic carbocycles. The molecule has 0 aliphatic carbocycles. The summed E-state index contributed by atoms with van der Waals surface area (Å²) in [4.78, 5) is 2.62. The van der Waals surface area contributed by atoms with Crippen molar-refractivity contribution in [1.82, 2.24) is 10.2 Å². The molecule has 19 heavy (non-hydrogen) atoms. The predicted octanol–water partition coefficient (Wildman–Crippen LogP) is 3.41. The van der Waals surface area contributed by atoms with E-state index < -0.39 is 0 Å². The first kappa shape index (κ1) is 13.6. The molecule has 3 rings (SSSR count). The summed E-state index contributed by atoms with van der Waals surface area (Å²) in [6, 6.07) is 10.2. The summed E-state index contributed by atoms with van der Waals surface area (Å²) in [5, 5.41) is 3.65. The van der Waals surface area contributed by atoms with E-state index in [0.29, 0.717) is 0 Å². The molecule has 0 amide bonds. The van der Waals surface area contributed by atoms with Crippen LogP contribution in [0.2, 0.25) is 0 Å². The molecule has 2 aliphatic heterocycles. The van der Waals surface area contributed by atoms with E-state index in [4.69, 9.17) is 0 Å². The Bertz CT molecular complexity index is 421. The van der Waals surface area contributed by atoms with Crippen molar-refractivity contribution in [1.29, 1.82) is 0 Å². The molecule has 0 saturated carbocycles. The Kier molecular flexibility index (Phi) is 4.25. The molecular weight excluding hydrogens is 300 g/mol. The van der Waals surface area contributed by atoms with Gasteiger partial charge in [0.05, 0.1) is 0 Å². The lowest BCUT2D eigenvalue weighted by atomic mass is 9.91. The smallest absolute Gasteiger partial charge is 0.0220 e. The molecule has 104 valence electrons. The van der Waals surface area contributed by atoms with Crippen LogP contribution in [0.5, 0.6) is 0 Å². The Balaban J connectivity index is 1.48. The number of nitrogens with one attached hydrogen (secondary N) is 1. The number of benzene rings is 1. The molecule has 2 bridgehead atoms. The maximum Gasteiger partial charge on any atom is 0.0220 e. The van der Waals surface area contributed by atoms with E-state index in [1.165, 1.54) is 42.3 Å². The number of piperidine rings is 1. The van der Waals surface area contributed by atoms with E-state index in [0.717, 1.165) is 24.5 Å². The normalized spacial score (nSPS) is 30.7. The quantitative estimate of drug-likeness (QED) is 0.913. The van der Waals surface area contributed by atoms with Gasteiger partial charge in [0.25, 0.3) is 0 Å². The van der Waals surface area contributed by atoms with Gasteiger partial charge in [0.1, 0.15) is 0 Å². The molecule has 0 spiro atoms. The Labute approximate surface area is 124 Å². The van der Waals surface area contributed by atoms with E-state index in [-0.39, 0.29) is 0 Å². The van der Waals surface area contributed by atoms with Crippen molar-refractivity contribution < 1.29 is 0 Å². The summed E-state index contributed by atoms with van der Waals surface area (Å²) in [6.07, 6.45) is 5.61. The second-order valence-corrected chi connectivity index (χ2v) is 6.96. The van der Waals surface area contributed by atoms with Gasteiger partial charge in [-0.25, -0.2) is 0 Å². The zero-order chi connectivity index (χ0) is 13.2. The zero-order valence-corrected chi connectivity index (χ0v) is 13.2. The molecule has 2 aliphatic rings. The van der Waals surface area contributed by atoms with Crippen LogP contribution in [-0.4, -0.2) is 30.6 Å². The number of hydrogen-bond acceptors (Lipinski definition) is 2. The van der Waals surface area contributed by atoms with Crippen molar-refractivity contribution in [3.63, 3.8) is 0 Å². The van der Waals surface area contributed by atoms with E-state index in [2.05, 4.69) is 57.5 Å². The van der Waals surface area contributed by atoms with Gasteiger partial charge in [-0.15, -0.1) is 0 Å². The van der Waals surface area contributed by atoms with Gasteiger partial charge in [0, 0.05) is 23.1 Å². The van der Waals surface area contributed by atoms with E-state index in [1.54, 1.807) is 0 Å². The van der Waals surface area contributed by atoms with E-state index >= 15 is 0 Å². The minimum Gasteiger partial charge on any atom is -0.312 e. The summed E-state index contributed by atoms with van der Waals surface area (Å²) in [6.45, 7) is 2.14. The monoisotopic (exact) mass is 322 g/mol. The summed E-state index contributed by atoms with van der Waals surface area (Å²) in [7, 11) is 2.31. The molecule has 2 atom stereocenters. The third-order valence-electron chi connectivity index (χ3n) is 4.90. The third kappa shape index (κ3) is 3.04. The second kappa shape index (κ2) is 5.94. The van der Waals surface area contributed by atoms with Gasteiger partial charge >= 0.3 is 0 Å². The molecular formula is C16H23BrN2. The number of rotatable bonds is 4. The predicted molar refractivity (Wildman–Crippen MR) is 83.1 cm³/mol. The van der Waals surface area contributed by atoms with Crippen LogP contribution < -0.4 is 5.32 Å². The highest BCUT2D eigenvalue weighted by atomic mass is 79.9. The van der Waals surface area contributed by atoms with Crippen molar-refractivity contribution >= 4 is 15.9 Å². The van der Waals surface area contributed by atoms with Crippen LogP contribution in [0.15, 0.2) is 28.7 Å². The van der Waals surface area contributed by atoms with Crippen molar-refractivity contribution in [3.8, 4) is 0 Å². The summed E-state index contributed by atoms with van der Waals surface area (Å²) in [5.74, 6) is 0.871. The van der Waals surface area contributed by atoms with Crippen LogP contribution in [0.3, 0.4) is 0 Å². The second-order valence-electron chi connectivity index (χ2n) is 6.11. The summed E-state index contributed by atoms with van der Waals surface area (Å²) in [5.41, 5.74) is 1.36. The van der Waals surface area contributed by atoms with Crippen LogP contribution in [0.1, 0.15) is 31.2 Å². The van der Waals surface area contributed by atoms with Gasteiger partial charge in [0.2, 0.25) is 0 Å². The Morgan fingerprint density at radius 2 is 1.89 bits per heavy atom. The highest BCUT2D eigenvalue weighted by Crippen LogP contribution is 2.37. The van der Waals surface area contributed by atoms with Gasteiger partial charge in [0.15, 0.2) is 0 Å². The van der Waals surface area contributed by atoms with Crippen molar-refractivity contribution in [2.45, 2.75) is 44.3 Å². The standard InChI is InChI=1S/C16H23BrN2/c1-19-14-6-7-15(19)9-12(8-14)10-18-11-13-4-2-3-5-16(13)17/h2-5,12,14-15,18H,6-11H2,1H3. The lowest BCUT2D eigenvalue weighted by Gasteiger charge is -2.36. The number of halogens is 1. The minimum absolute atomic E-state index is 0.856. The molecule has 2 saturated heterocycles. The fraction of sp³-hybridized carbons (Fsp3) is 0.625. The molecule has 2 fully saturated rings. The highest BCUT2D eigenvalue weighted by molar-refractivity contribution is 9.10. The molecule has 3 heteroatoms. The van der Waals surface area contributed by atoms with Crippen molar-refractivity contribution in [2.24, 2.45) is 5.92 Å². The average molecular weight is 323 g/mol. The van der Waals surface area contributed by atoms with Crippen molar-refractivity contribution in [2.75, 3.05) is 13.6 Å². The zero-order valence-electron chi connectivity index (χ0n) is 11.6. The lowest BCUT2D eigenvalue weighted by Crippen LogP contribution is -2.42. The summed E-state index contributed by atoms with van der Waals surface area (Å²) < 4.78 is 1.21. The van der Waals surface area contributed by atoms with Crippen LogP contribution >= 0.6 is 15.9 Å². The number of nitrogens with zero attached hydrogens (tertiary/aromatic N) is 1. The molecule has 0 radical (unpaired) electrons. The average Bonchev–Trinajstić information content (AvgIpc) is 2.64. The lowest BCUT2D eigenvalue weighted by molar-refractivity contribution is 0.133. The first-order valence-corrected chi connectivity index (χ1v) is 8.19. The Hall–Kier alpha value is -0.380. The van der Waals surface area contributed by atoms with Gasteiger partial charge in [-0.1, -0.05) is 34.1 Å². The number of fused-ring (bicyclic) bond motifs is 2. The fourth-order valence-electron chi connectivity index (χ4n) is 3.74. The van der Waals surface area contributed by atoms with Crippen molar-refractivity contribution in [3.05, 3.63) is 34.3 Å². The maximum absolute atomic E-state index is 3.65. The SMILES string of the molecule is CN1C2CCC1CC(CNCc1ccccc1Br)C2. The van der Waals surface area contributed by atoms with Gasteiger partial charge in [-0.05, 0) is 56.8 Å². The topological polar surface area (TPSA) is 15.3 Å². The molecule has 1 N–H and O–H groups in total. The minimum atomic E-state index is 0.856. The van der Waals surface area contributed by atoms with E-state index in [9.17, 15) is 0 Å². The molecule has 2 unspecified atom stereocenters. The van der Waals surface area contributed by atoms with Gasteiger partial charge in [-0.3, -0.25) is 0 Å². The van der Waals surface area contributed by atoms with Gasteiger partial charge in [-0.2, -0.15) is 0 Å². The third-order valence-corrected chi connectivity index (χ3v) is 5.68. The van der Waals surface area contributed by atoms with E-state index in [1.807, 2.05) is 0 Å². The molecule has 0 aromatic heterocycles. The Morgan fingerprint density at radius 3 is 2.58 bits per heavy atom. The summed E-state index contributed by atoms with van der Waals surface area (Å²) >= 11 is 3.61. The molecule has 2 heterocycles. The van der Waals surface area contributed by atoms with Crippen LogP contribution in [0.4, 0.5) is 0 Å². The molecule has 2 nitrogen and oxygen atoms in total. The first-order chi connectivity index (χ1) is 9.24. The highest BCUT2D eigenvalue weighted by Gasteiger charge is 2.37. The van der Waals surface area contributed by atoms with Crippen LogP contribution in [0, 0.1) is 5.92 Å². The largest absolute Gasteiger partial charge is 0.312 e. The maximum atomic E-state index is 3.65. The van der Waals surface area contributed by atoms with Gasteiger partial charge < -0.3 is 10.2 Å².